The van der Waals surface area contributed by atoms with Gasteiger partial charge in [-0.3, -0.25) is 14.4 Å². The van der Waals surface area contributed by atoms with Crippen molar-refractivity contribution < 1.29 is 24.2 Å². The molecule has 0 bridgehead atoms. The lowest BCUT2D eigenvalue weighted by atomic mass is 9.69. The number of allylic oxidation sites excluding steroid dienone is 1. The van der Waals surface area contributed by atoms with Crippen LogP contribution in [0, 0.1) is 23.7 Å². The number of likely N-dealkylation sites (tertiary alicyclic amines) is 1. The second-order valence-electron chi connectivity index (χ2n) is 8.33. The monoisotopic (exact) mass is 443 g/mol. The molecule has 1 aromatic rings. The third-order valence-electron chi connectivity index (χ3n) is 6.57. The number of nitrogens with one attached hydrogen (secondary N) is 2. The molecule has 174 valence electrons. The molecular weight excluding hydrogens is 410 g/mol. The van der Waals surface area contributed by atoms with Crippen LogP contribution in [-0.2, 0) is 14.4 Å². The van der Waals surface area contributed by atoms with Gasteiger partial charge < -0.3 is 25.4 Å². The molecule has 0 saturated carbocycles. The normalized spacial score (nSPS) is 26.6. The lowest BCUT2D eigenvalue weighted by molar-refractivity contribution is -0.140. The van der Waals surface area contributed by atoms with Crippen molar-refractivity contribution in [3.05, 3.63) is 36.4 Å². The molecule has 1 aliphatic heterocycles. The first-order valence-corrected chi connectivity index (χ1v) is 11.2. The summed E-state index contributed by atoms with van der Waals surface area (Å²) >= 11 is 0. The van der Waals surface area contributed by atoms with E-state index in [-0.39, 0.29) is 36.2 Å². The Kier molecular flexibility index (Phi) is 7.90. The summed E-state index contributed by atoms with van der Waals surface area (Å²) in [5, 5.41) is 14.8. The van der Waals surface area contributed by atoms with Gasteiger partial charge in [-0.05, 0) is 49.4 Å². The number of aliphatic hydroxyl groups excluding tert-OH is 1. The molecule has 0 radical (unpaired) electrons. The molecule has 2 aliphatic rings. The first-order chi connectivity index (χ1) is 15.5. The van der Waals surface area contributed by atoms with Crippen LogP contribution in [-0.4, -0.2) is 61.1 Å². The fourth-order valence-electron chi connectivity index (χ4n) is 4.94. The molecule has 8 nitrogen and oxygen atoms in total. The van der Waals surface area contributed by atoms with Crippen molar-refractivity contribution in [2.75, 3.05) is 32.6 Å². The van der Waals surface area contributed by atoms with Crippen molar-refractivity contribution >= 4 is 23.4 Å². The van der Waals surface area contributed by atoms with Gasteiger partial charge >= 0.3 is 0 Å². The van der Waals surface area contributed by atoms with Crippen LogP contribution in [0.1, 0.15) is 26.2 Å². The zero-order valence-electron chi connectivity index (χ0n) is 18.9. The van der Waals surface area contributed by atoms with Gasteiger partial charge in [-0.25, -0.2) is 0 Å². The highest BCUT2D eigenvalue weighted by molar-refractivity contribution is 6.01. The Morgan fingerprint density at radius 2 is 1.84 bits per heavy atom. The number of hydrogen-bond acceptors (Lipinski definition) is 5. The summed E-state index contributed by atoms with van der Waals surface area (Å²) in [5.41, 5.74) is 0.607. The van der Waals surface area contributed by atoms with E-state index >= 15 is 0 Å². The number of carbonyl (C=O) groups excluding carboxylic acids is 3. The lowest BCUT2D eigenvalue weighted by Gasteiger charge is -2.33. The van der Waals surface area contributed by atoms with Crippen LogP contribution >= 0.6 is 0 Å². The van der Waals surface area contributed by atoms with E-state index in [1.54, 1.807) is 43.3 Å². The number of nitrogens with zero attached hydrogens (tertiary/aromatic N) is 1. The van der Waals surface area contributed by atoms with Crippen molar-refractivity contribution in [1.82, 2.24) is 10.2 Å². The first-order valence-electron chi connectivity index (χ1n) is 11.2. The highest BCUT2D eigenvalue weighted by Gasteiger charge is 2.56. The molecule has 32 heavy (non-hydrogen) atoms. The second-order valence-corrected chi connectivity index (χ2v) is 8.33. The molecule has 3 N–H and O–H groups in total. The predicted molar refractivity (Wildman–Crippen MR) is 121 cm³/mol. The number of methoxy groups -OCH3 is 1. The van der Waals surface area contributed by atoms with Crippen LogP contribution in [0.25, 0.3) is 0 Å². The average molecular weight is 444 g/mol. The zero-order valence-corrected chi connectivity index (χ0v) is 18.9. The van der Waals surface area contributed by atoms with E-state index in [4.69, 9.17) is 4.74 Å². The maximum atomic E-state index is 13.5. The fraction of sp³-hybridized carbons (Fsp3) is 0.542. The van der Waals surface area contributed by atoms with Crippen LogP contribution in [0.5, 0.6) is 5.75 Å². The Morgan fingerprint density at radius 3 is 2.44 bits per heavy atom. The molecule has 1 aliphatic carbocycles. The van der Waals surface area contributed by atoms with E-state index in [9.17, 15) is 19.5 Å². The molecule has 5 atom stereocenters. The van der Waals surface area contributed by atoms with Gasteiger partial charge in [-0.15, -0.1) is 0 Å². The maximum absolute atomic E-state index is 13.5. The maximum Gasteiger partial charge on any atom is 0.247 e. The van der Waals surface area contributed by atoms with Gasteiger partial charge in [0, 0.05) is 31.8 Å². The minimum Gasteiger partial charge on any atom is -0.497 e. The molecule has 0 spiro atoms. The summed E-state index contributed by atoms with van der Waals surface area (Å²) in [5.74, 6) is -1.47. The minimum absolute atomic E-state index is 0.0241. The summed E-state index contributed by atoms with van der Waals surface area (Å²) < 4.78 is 5.16. The molecule has 3 rings (SSSR count). The number of ether oxygens (including phenoxy) is 1. The predicted octanol–water partition coefficient (Wildman–Crippen LogP) is 1.81. The van der Waals surface area contributed by atoms with Crippen LogP contribution in [0.15, 0.2) is 36.4 Å². The van der Waals surface area contributed by atoms with Crippen molar-refractivity contribution in [1.29, 1.82) is 0 Å². The van der Waals surface area contributed by atoms with Crippen LogP contribution in [0.4, 0.5) is 5.69 Å². The van der Waals surface area contributed by atoms with Gasteiger partial charge in [0.25, 0.3) is 0 Å². The average Bonchev–Trinajstić information content (AvgIpc) is 3.10. The molecule has 1 saturated heterocycles. The quantitative estimate of drug-likeness (QED) is 0.399. The molecule has 8 heteroatoms. The van der Waals surface area contributed by atoms with Gasteiger partial charge in [-0.2, -0.15) is 0 Å². The SMILES string of the molecule is CC[C@@H]1C=C[C@H]2[C@@H](C(=O)N(CCCCO)[C@@H]2C(=O)Nc2ccc(OC)cc2)[C@@H]1C(=O)NC. The van der Waals surface area contributed by atoms with E-state index in [1.807, 2.05) is 19.1 Å². The topological polar surface area (TPSA) is 108 Å². The molecular formula is C24H33N3O5. The van der Waals surface area contributed by atoms with Crippen molar-refractivity contribution in [3.63, 3.8) is 0 Å². The van der Waals surface area contributed by atoms with Crippen LogP contribution in [0.2, 0.25) is 0 Å². The van der Waals surface area contributed by atoms with Gasteiger partial charge in [0.15, 0.2) is 0 Å². The summed E-state index contributed by atoms with van der Waals surface area (Å²) in [4.78, 5) is 41.3. The number of anilines is 1. The number of fused-ring (bicyclic) bond motifs is 1. The number of aliphatic hydroxyl groups is 1. The smallest absolute Gasteiger partial charge is 0.247 e. The van der Waals surface area contributed by atoms with Crippen molar-refractivity contribution in [2.24, 2.45) is 23.7 Å². The van der Waals surface area contributed by atoms with Crippen LogP contribution < -0.4 is 15.4 Å². The molecule has 3 amide bonds. The van der Waals surface area contributed by atoms with Crippen molar-refractivity contribution in [3.8, 4) is 5.75 Å². The summed E-state index contributed by atoms with van der Waals surface area (Å²) in [6, 6.07) is 6.29. The number of benzene rings is 1. The third-order valence-corrected chi connectivity index (χ3v) is 6.57. The van der Waals surface area contributed by atoms with Crippen LogP contribution in [0.3, 0.4) is 0 Å². The molecule has 0 aromatic heterocycles. The van der Waals surface area contributed by atoms with Gasteiger partial charge in [-0.1, -0.05) is 19.1 Å². The first kappa shape index (κ1) is 23.8. The highest BCUT2D eigenvalue weighted by Crippen LogP contribution is 2.45. The number of hydrogen-bond donors (Lipinski definition) is 3. The third kappa shape index (κ3) is 4.65. The van der Waals surface area contributed by atoms with E-state index in [0.29, 0.717) is 30.8 Å². The van der Waals surface area contributed by atoms with E-state index in [2.05, 4.69) is 10.6 Å². The van der Waals surface area contributed by atoms with E-state index in [1.165, 1.54) is 0 Å². The van der Waals surface area contributed by atoms with Crippen molar-refractivity contribution in [2.45, 2.75) is 32.2 Å². The summed E-state index contributed by atoms with van der Waals surface area (Å²) in [7, 11) is 3.15. The highest BCUT2D eigenvalue weighted by atomic mass is 16.5. The summed E-state index contributed by atoms with van der Waals surface area (Å²) in [6.45, 7) is 2.38. The number of amides is 3. The largest absolute Gasteiger partial charge is 0.497 e. The number of unbranched alkanes of at least 4 members (excludes halogenated alkanes) is 1. The second kappa shape index (κ2) is 10.6. The standard InChI is InChI=1S/C24H33N3O5/c1-4-15-7-12-18-20(19(15)22(29)25-2)24(31)27(13-5-6-14-28)21(18)23(30)26-16-8-10-17(32-3)11-9-16/h7-12,15,18-21,28H,4-6,13-14H2,1-3H3,(H,25,29)(H,26,30)/t15-,18+,19-,20-,21+/m1/s1. The molecule has 1 fully saturated rings. The Bertz CT molecular complexity index is 854. The Morgan fingerprint density at radius 1 is 1.12 bits per heavy atom. The Hall–Kier alpha value is -2.87. The van der Waals surface area contributed by atoms with E-state index < -0.39 is 17.9 Å². The zero-order chi connectivity index (χ0) is 23.3. The van der Waals surface area contributed by atoms with E-state index in [0.717, 1.165) is 6.42 Å². The minimum atomic E-state index is -0.713. The molecule has 1 aromatic carbocycles. The number of rotatable bonds is 9. The number of carbonyl (C=O) groups is 3. The fourth-order valence-corrected chi connectivity index (χ4v) is 4.94. The molecule has 1 heterocycles. The van der Waals surface area contributed by atoms with Gasteiger partial charge in [0.05, 0.1) is 18.9 Å². The van der Waals surface area contributed by atoms with Gasteiger partial charge in [0.2, 0.25) is 17.7 Å². The Balaban J connectivity index is 1.92. The summed E-state index contributed by atoms with van der Waals surface area (Å²) in [6.07, 6.45) is 5.79. The van der Waals surface area contributed by atoms with Gasteiger partial charge in [0.1, 0.15) is 11.8 Å². The Labute approximate surface area is 189 Å². The molecule has 0 unspecified atom stereocenters. The lowest BCUT2D eigenvalue weighted by Crippen LogP contribution is -2.45.